The molecule has 2 aliphatic rings. The highest BCUT2D eigenvalue weighted by molar-refractivity contribution is 5.92. The Morgan fingerprint density at radius 3 is 2.62 bits per heavy atom. The van der Waals surface area contributed by atoms with Crippen molar-refractivity contribution in [3.63, 3.8) is 0 Å². The monoisotopic (exact) mass is 396 g/mol. The molecule has 0 radical (unpaired) electrons. The molecule has 0 N–H and O–H groups in total. The smallest absolute Gasteiger partial charge is 0.274 e. The average molecular weight is 396 g/mol. The molecule has 0 bridgehead atoms. The molecule has 29 heavy (non-hydrogen) atoms. The van der Waals surface area contributed by atoms with Crippen LogP contribution >= 0.6 is 0 Å². The topological polar surface area (TPSA) is 67.7 Å². The first-order valence-electron chi connectivity index (χ1n) is 10.3. The number of hydrogen-bond acceptors (Lipinski definition) is 4. The summed E-state index contributed by atoms with van der Waals surface area (Å²) in [5.74, 6) is 0.961. The van der Waals surface area contributed by atoms with Crippen LogP contribution in [0, 0.1) is 6.92 Å². The molecule has 0 unspecified atom stereocenters. The molecule has 1 fully saturated rings. The predicted molar refractivity (Wildman–Crippen MR) is 109 cm³/mol. The lowest BCUT2D eigenvalue weighted by molar-refractivity contribution is -0.130. The Labute approximate surface area is 171 Å². The normalized spacial score (nSPS) is 16.3. The summed E-state index contributed by atoms with van der Waals surface area (Å²) in [7, 11) is 1.84. The fourth-order valence-corrected chi connectivity index (χ4v) is 3.98. The Balaban J connectivity index is 1.45. The highest BCUT2D eigenvalue weighted by Crippen LogP contribution is 2.26. The van der Waals surface area contributed by atoms with Crippen LogP contribution in [0.2, 0.25) is 0 Å². The largest absolute Gasteiger partial charge is 0.491 e. The summed E-state index contributed by atoms with van der Waals surface area (Å²) < 4.78 is 7.57. The van der Waals surface area contributed by atoms with Gasteiger partial charge in [-0.2, -0.15) is 5.10 Å². The van der Waals surface area contributed by atoms with Gasteiger partial charge in [-0.1, -0.05) is 12.1 Å². The summed E-state index contributed by atoms with van der Waals surface area (Å²) in [6, 6.07) is 7.87. The van der Waals surface area contributed by atoms with E-state index in [9.17, 15) is 9.59 Å². The van der Waals surface area contributed by atoms with Gasteiger partial charge >= 0.3 is 0 Å². The molecule has 2 aliphatic heterocycles. The van der Waals surface area contributed by atoms with Crippen LogP contribution in [0.1, 0.15) is 46.6 Å². The van der Waals surface area contributed by atoms with Gasteiger partial charge in [0, 0.05) is 44.4 Å². The third-order valence-electron chi connectivity index (χ3n) is 5.81. The molecule has 1 saturated heterocycles. The van der Waals surface area contributed by atoms with E-state index in [-0.39, 0.29) is 11.8 Å². The van der Waals surface area contributed by atoms with Gasteiger partial charge in [0.15, 0.2) is 5.69 Å². The van der Waals surface area contributed by atoms with E-state index < -0.39 is 0 Å². The maximum atomic E-state index is 12.9. The van der Waals surface area contributed by atoms with E-state index in [1.807, 2.05) is 37.1 Å². The number of hydrogen-bond donors (Lipinski definition) is 0. The van der Waals surface area contributed by atoms with Crippen LogP contribution in [-0.2, 0) is 24.8 Å². The van der Waals surface area contributed by atoms with Gasteiger partial charge in [0.05, 0.1) is 6.54 Å². The zero-order chi connectivity index (χ0) is 20.4. The predicted octanol–water partition coefficient (Wildman–Crippen LogP) is 2.32. The first-order valence-corrected chi connectivity index (χ1v) is 10.3. The van der Waals surface area contributed by atoms with Gasteiger partial charge in [0.2, 0.25) is 5.91 Å². The maximum absolute atomic E-state index is 12.9. The van der Waals surface area contributed by atoms with Gasteiger partial charge in [-0.15, -0.1) is 0 Å². The van der Waals surface area contributed by atoms with Gasteiger partial charge < -0.3 is 14.5 Å². The minimum Gasteiger partial charge on any atom is -0.491 e. The van der Waals surface area contributed by atoms with E-state index in [2.05, 4.69) is 11.2 Å². The van der Waals surface area contributed by atoms with Crippen LogP contribution in [0.25, 0.3) is 0 Å². The zero-order valence-electron chi connectivity index (χ0n) is 17.2. The van der Waals surface area contributed by atoms with Gasteiger partial charge in [0.25, 0.3) is 5.91 Å². The Morgan fingerprint density at radius 2 is 1.90 bits per heavy atom. The van der Waals surface area contributed by atoms with Crippen molar-refractivity contribution >= 4 is 11.8 Å². The Bertz CT molecular complexity index is 895. The molecule has 7 heteroatoms. The number of rotatable bonds is 4. The average Bonchev–Trinajstić information content (AvgIpc) is 3.31. The number of likely N-dealkylation sites (tertiary alicyclic amines) is 1. The first-order chi connectivity index (χ1) is 14.0. The minimum atomic E-state index is -0.0836. The summed E-state index contributed by atoms with van der Waals surface area (Å²) in [6.07, 6.45) is 3.45. The molecular formula is C22H28N4O3. The van der Waals surface area contributed by atoms with Crippen LogP contribution in [0.15, 0.2) is 24.3 Å². The molecule has 4 rings (SSSR count). The molecule has 2 amide bonds. The second kappa shape index (κ2) is 8.27. The quantitative estimate of drug-likeness (QED) is 0.795. The molecule has 3 heterocycles. The summed E-state index contributed by atoms with van der Waals surface area (Å²) >= 11 is 0. The van der Waals surface area contributed by atoms with E-state index in [0.717, 1.165) is 48.5 Å². The number of aromatic nitrogens is 2. The van der Waals surface area contributed by atoms with Crippen molar-refractivity contribution in [2.24, 2.45) is 7.05 Å². The van der Waals surface area contributed by atoms with Crippen LogP contribution in [-0.4, -0.2) is 57.6 Å². The van der Waals surface area contributed by atoms with Crippen molar-refractivity contribution in [1.29, 1.82) is 0 Å². The van der Waals surface area contributed by atoms with Crippen molar-refractivity contribution in [1.82, 2.24) is 19.6 Å². The molecular weight excluding hydrogens is 368 g/mol. The minimum absolute atomic E-state index is 0.0836. The molecule has 0 saturated carbocycles. The third kappa shape index (κ3) is 4.28. The van der Waals surface area contributed by atoms with Gasteiger partial charge in [-0.3, -0.25) is 14.3 Å². The molecule has 1 aromatic carbocycles. The highest BCUT2D eigenvalue weighted by atomic mass is 16.5. The van der Waals surface area contributed by atoms with Crippen molar-refractivity contribution in [3.8, 4) is 5.75 Å². The van der Waals surface area contributed by atoms with Crippen molar-refractivity contribution in [2.75, 3.05) is 26.2 Å². The molecule has 154 valence electrons. The number of aryl methyl sites for hydroxylation is 3. The Morgan fingerprint density at radius 1 is 1.10 bits per heavy atom. The van der Waals surface area contributed by atoms with Gasteiger partial charge in [0.1, 0.15) is 12.4 Å². The maximum Gasteiger partial charge on any atom is 0.274 e. The molecule has 0 atom stereocenters. The Hall–Kier alpha value is -2.83. The lowest BCUT2D eigenvalue weighted by Crippen LogP contribution is -2.32. The summed E-state index contributed by atoms with van der Waals surface area (Å²) in [6.45, 7) is 5.17. The fraction of sp³-hybridized carbons (Fsp3) is 0.500. The Kier molecular flexibility index (Phi) is 5.56. The van der Waals surface area contributed by atoms with Crippen molar-refractivity contribution < 1.29 is 14.3 Å². The first kappa shape index (κ1) is 19.5. The van der Waals surface area contributed by atoms with Crippen LogP contribution in [0.5, 0.6) is 5.75 Å². The lowest BCUT2D eigenvalue weighted by Gasteiger charge is -2.19. The molecule has 2 aromatic rings. The van der Waals surface area contributed by atoms with Crippen LogP contribution in [0.4, 0.5) is 0 Å². The molecule has 1 aromatic heterocycles. The number of nitrogens with zero attached hydrogens (tertiary/aromatic N) is 4. The third-order valence-corrected chi connectivity index (χ3v) is 5.81. The standard InChI is InChI=1S/C22H28N4O3/c1-16-13-19(23-24(16)2)22(28)26-11-12-29-20-7-5-17(14-18(20)15-26)6-8-21(27)25-9-3-4-10-25/h5,7,13-14H,3-4,6,8-12,15H2,1-2H3. The number of carbonyl (C=O) groups excluding carboxylic acids is 2. The van der Waals surface area contributed by atoms with Crippen molar-refractivity contribution in [3.05, 3.63) is 46.8 Å². The van der Waals surface area contributed by atoms with E-state index in [0.29, 0.717) is 38.2 Å². The highest BCUT2D eigenvalue weighted by Gasteiger charge is 2.24. The van der Waals surface area contributed by atoms with Gasteiger partial charge in [-0.25, -0.2) is 0 Å². The molecule has 0 aliphatic carbocycles. The molecule has 7 nitrogen and oxygen atoms in total. The summed E-state index contributed by atoms with van der Waals surface area (Å²) in [5, 5.41) is 4.32. The second-order valence-corrected chi connectivity index (χ2v) is 7.90. The summed E-state index contributed by atoms with van der Waals surface area (Å²) in [4.78, 5) is 29.0. The fourth-order valence-electron chi connectivity index (χ4n) is 3.98. The number of fused-ring (bicyclic) bond motifs is 1. The number of ether oxygens (including phenoxy) is 1. The lowest BCUT2D eigenvalue weighted by atomic mass is 10.0. The second-order valence-electron chi connectivity index (χ2n) is 7.90. The van der Waals surface area contributed by atoms with Crippen molar-refractivity contribution in [2.45, 2.75) is 39.2 Å². The van der Waals surface area contributed by atoms with Gasteiger partial charge in [-0.05, 0) is 43.9 Å². The van der Waals surface area contributed by atoms with E-state index in [1.165, 1.54) is 0 Å². The number of carbonyl (C=O) groups is 2. The van der Waals surface area contributed by atoms with E-state index in [4.69, 9.17) is 4.74 Å². The van der Waals surface area contributed by atoms with Crippen LogP contribution in [0.3, 0.4) is 0 Å². The zero-order valence-corrected chi connectivity index (χ0v) is 17.2. The van der Waals surface area contributed by atoms with Crippen LogP contribution < -0.4 is 4.74 Å². The SMILES string of the molecule is Cc1cc(C(=O)N2CCOc3ccc(CCC(=O)N4CCCC4)cc3C2)nn1C. The number of amides is 2. The van der Waals surface area contributed by atoms with E-state index >= 15 is 0 Å². The summed E-state index contributed by atoms with van der Waals surface area (Å²) in [5.41, 5.74) is 3.49. The number of benzene rings is 1. The van der Waals surface area contributed by atoms with E-state index in [1.54, 1.807) is 9.58 Å². The molecule has 0 spiro atoms.